The largest absolute Gasteiger partial charge is 0.445 e. The van der Waals surface area contributed by atoms with Gasteiger partial charge >= 0.3 is 6.09 Å². The maximum absolute atomic E-state index is 12.0. The van der Waals surface area contributed by atoms with E-state index in [4.69, 9.17) is 15.9 Å². The van der Waals surface area contributed by atoms with E-state index in [0.29, 0.717) is 13.0 Å². The van der Waals surface area contributed by atoms with Crippen molar-refractivity contribution in [2.45, 2.75) is 19.4 Å². The summed E-state index contributed by atoms with van der Waals surface area (Å²) in [7, 11) is 0. The lowest BCUT2D eigenvalue weighted by atomic mass is 10.1. The Morgan fingerprint density at radius 1 is 0.971 bits per heavy atom. The first-order valence-electron chi connectivity index (χ1n) is 11.3. The number of fused-ring (bicyclic) bond motifs is 1. The Hall–Kier alpha value is -4.59. The zero-order valence-electron chi connectivity index (χ0n) is 19.1. The molecule has 0 aliphatic rings. The Morgan fingerprint density at radius 3 is 2.49 bits per heavy atom. The molecule has 0 spiro atoms. The number of hydrogen-bond acceptors (Lipinski definition) is 4. The lowest BCUT2D eigenvalue weighted by Crippen LogP contribution is -2.26. The van der Waals surface area contributed by atoms with Gasteiger partial charge in [0.05, 0.1) is 6.42 Å². The van der Waals surface area contributed by atoms with Crippen molar-refractivity contribution in [3.63, 3.8) is 0 Å². The molecule has 0 saturated carbocycles. The van der Waals surface area contributed by atoms with Gasteiger partial charge in [0.15, 0.2) is 0 Å². The molecule has 4 rings (SSSR count). The Balaban J connectivity index is 1.33. The highest BCUT2D eigenvalue weighted by atomic mass is 16.5. The van der Waals surface area contributed by atoms with Crippen molar-refractivity contribution in [2.24, 2.45) is 5.73 Å². The molecule has 8 heteroatoms. The minimum atomic E-state index is -0.456. The van der Waals surface area contributed by atoms with Gasteiger partial charge in [0.25, 0.3) is 0 Å². The quantitative estimate of drug-likeness (QED) is 0.186. The minimum absolute atomic E-state index is 0.185. The average molecular weight is 470 g/mol. The SMILES string of the molecule is N=C(Nc1ccc(CC(N)=O)cc1)c1ccc2[nH]cc(CCNC(=O)OCc3ccccc3)c2c1. The van der Waals surface area contributed by atoms with Crippen molar-refractivity contribution < 1.29 is 14.3 Å². The van der Waals surface area contributed by atoms with Crippen LogP contribution in [0, 0.1) is 5.41 Å². The van der Waals surface area contributed by atoms with E-state index in [1.54, 1.807) is 0 Å². The van der Waals surface area contributed by atoms with E-state index in [1.165, 1.54) is 0 Å². The summed E-state index contributed by atoms with van der Waals surface area (Å²) in [6, 6.07) is 22.5. The van der Waals surface area contributed by atoms with Crippen LogP contribution in [0.2, 0.25) is 0 Å². The third kappa shape index (κ3) is 6.48. The zero-order chi connectivity index (χ0) is 24.6. The van der Waals surface area contributed by atoms with Crippen LogP contribution in [0.3, 0.4) is 0 Å². The number of primary amides is 1. The van der Waals surface area contributed by atoms with Gasteiger partial charge in [-0.2, -0.15) is 0 Å². The minimum Gasteiger partial charge on any atom is -0.445 e. The number of anilines is 1. The molecule has 178 valence electrons. The van der Waals surface area contributed by atoms with Gasteiger partial charge in [-0.3, -0.25) is 10.2 Å². The molecule has 0 radical (unpaired) electrons. The van der Waals surface area contributed by atoms with Crippen LogP contribution in [0.15, 0.2) is 79.0 Å². The predicted molar refractivity (Wildman–Crippen MR) is 136 cm³/mol. The molecule has 6 N–H and O–H groups in total. The second kappa shape index (κ2) is 11.0. The summed E-state index contributed by atoms with van der Waals surface area (Å²) in [5.41, 5.74) is 10.5. The van der Waals surface area contributed by atoms with Crippen LogP contribution in [0.1, 0.15) is 22.3 Å². The molecule has 1 heterocycles. The first kappa shape index (κ1) is 23.6. The van der Waals surface area contributed by atoms with Gasteiger partial charge in [-0.05, 0) is 53.4 Å². The van der Waals surface area contributed by atoms with E-state index in [-0.39, 0.29) is 24.8 Å². The van der Waals surface area contributed by atoms with Crippen molar-refractivity contribution in [1.29, 1.82) is 5.41 Å². The van der Waals surface area contributed by atoms with Crippen LogP contribution in [-0.2, 0) is 29.0 Å². The highest BCUT2D eigenvalue weighted by molar-refractivity contribution is 6.08. The van der Waals surface area contributed by atoms with E-state index >= 15 is 0 Å². The van der Waals surface area contributed by atoms with Gasteiger partial charge in [-0.1, -0.05) is 42.5 Å². The van der Waals surface area contributed by atoms with Crippen molar-refractivity contribution >= 4 is 34.4 Å². The number of amides is 2. The maximum Gasteiger partial charge on any atom is 0.407 e. The molecule has 2 amide bonds. The summed E-state index contributed by atoms with van der Waals surface area (Å²) < 4.78 is 5.25. The fourth-order valence-electron chi connectivity index (χ4n) is 3.74. The summed E-state index contributed by atoms with van der Waals surface area (Å²) in [6.07, 6.45) is 2.26. The monoisotopic (exact) mass is 469 g/mol. The van der Waals surface area contributed by atoms with Crippen LogP contribution in [0.25, 0.3) is 10.9 Å². The lowest BCUT2D eigenvalue weighted by molar-refractivity contribution is -0.117. The van der Waals surface area contributed by atoms with Crippen LogP contribution in [-0.4, -0.2) is 29.4 Å². The summed E-state index contributed by atoms with van der Waals surface area (Å²) in [5, 5.41) is 15.3. The Morgan fingerprint density at radius 2 is 1.74 bits per heavy atom. The van der Waals surface area contributed by atoms with Gasteiger partial charge < -0.3 is 26.1 Å². The molecule has 35 heavy (non-hydrogen) atoms. The van der Waals surface area contributed by atoms with Crippen molar-refractivity contribution in [1.82, 2.24) is 10.3 Å². The highest BCUT2D eigenvalue weighted by Gasteiger charge is 2.10. The second-order valence-corrected chi connectivity index (χ2v) is 8.15. The van der Waals surface area contributed by atoms with Crippen LogP contribution in [0.5, 0.6) is 0 Å². The number of carbonyl (C=O) groups is 2. The maximum atomic E-state index is 12.0. The summed E-state index contributed by atoms with van der Waals surface area (Å²) >= 11 is 0. The molecule has 0 bridgehead atoms. The fraction of sp³-hybridized carbons (Fsp3) is 0.148. The number of nitrogens with one attached hydrogen (secondary N) is 4. The molecule has 3 aromatic carbocycles. The van der Waals surface area contributed by atoms with E-state index in [0.717, 1.165) is 38.8 Å². The molecule has 0 saturated heterocycles. The second-order valence-electron chi connectivity index (χ2n) is 8.15. The summed E-state index contributed by atoms with van der Waals surface area (Å²) in [4.78, 5) is 26.3. The molecule has 0 unspecified atom stereocenters. The predicted octanol–water partition coefficient (Wildman–Crippen LogP) is 4.10. The third-order valence-corrected chi connectivity index (χ3v) is 5.53. The van der Waals surface area contributed by atoms with E-state index in [9.17, 15) is 9.59 Å². The smallest absolute Gasteiger partial charge is 0.407 e. The Labute approximate surface area is 203 Å². The fourth-order valence-corrected chi connectivity index (χ4v) is 3.74. The number of amidine groups is 1. The van der Waals surface area contributed by atoms with E-state index < -0.39 is 6.09 Å². The van der Waals surface area contributed by atoms with E-state index in [1.807, 2.05) is 79.0 Å². The number of aromatic nitrogens is 1. The number of alkyl carbamates (subject to hydrolysis) is 1. The topological polar surface area (TPSA) is 133 Å². The van der Waals surface area contributed by atoms with Crippen LogP contribution in [0.4, 0.5) is 10.5 Å². The molecule has 0 fully saturated rings. The lowest BCUT2D eigenvalue weighted by Gasteiger charge is -2.10. The molecule has 0 aliphatic heterocycles. The first-order valence-corrected chi connectivity index (χ1v) is 11.3. The zero-order valence-corrected chi connectivity index (χ0v) is 19.1. The Kier molecular flexibility index (Phi) is 7.42. The van der Waals surface area contributed by atoms with Crippen LogP contribution >= 0.6 is 0 Å². The van der Waals surface area contributed by atoms with Crippen molar-refractivity contribution in [2.75, 3.05) is 11.9 Å². The van der Waals surface area contributed by atoms with Crippen molar-refractivity contribution in [3.05, 3.63) is 101 Å². The molecule has 0 aliphatic carbocycles. The number of nitrogens with two attached hydrogens (primary N) is 1. The number of benzene rings is 3. The molecular formula is C27H27N5O3. The van der Waals surface area contributed by atoms with Gasteiger partial charge in [0.1, 0.15) is 12.4 Å². The number of carbonyl (C=O) groups excluding carboxylic acids is 2. The molecule has 1 aromatic heterocycles. The summed E-state index contributed by atoms with van der Waals surface area (Å²) in [5.74, 6) is -0.127. The normalized spacial score (nSPS) is 10.6. The van der Waals surface area contributed by atoms with Gasteiger partial charge in [-0.15, -0.1) is 0 Å². The number of ether oxygens (including phenoxy) is 1. The standard InChI is InChI=1S/C27H27N5O3/c28-25(33)14-18-6-9-22(10-7-18)32-26(29)20-8-11-24-23(15-20)21(16-31-24)12-13-30-27(34)35-17-19-4-2-1-3-5-19/h1-11,15-16,31H,12-14,17H2,(H2,28,33)(H2,29,32)(H,30,34). The van der Waals surface area contributed by atoms with Gasteiger partial charge in [-0.25, -0.2) is 4.79 Å². The van der Waals surface area contributed by atoms with Crippen LogP contribution < -0.4 is 16.4 Å². The first-order chi connectivity index (χ1) is 17.0. The molecular weight excluding hydrogens is 442 g/mol. The molecule has 4 aromatic rings. The Bertz CT molecular complexity index is 1330. The van der Waals surface area contributed by atoms with E-state index in [2.05, 4.69) is 15.6 Å². The van der Waals surface area contributed by atoms with Gasteiger partial charge in [0, 0.05) is 34.9 Å². The average Bonchev–Trinajstić information content (AvgIpc) is 3.26. The number of hydrogen-bond donors (Lipinski definition) is 5. The van der Waals surface area contributed by atoms with Crippen molar-refractivity contribution in [3.8, 4) is 0 Å². The number of rotatable bonds is 9. The number of aromatic amines is 1. The summed E-state index contributed by atoms with van der Waals surface area (Å²) in [6.45, 7) is 0.657. The highest BCUT2D eigenvalue weighted by Crippen LogP contribution is 2.21. The van der Waals surface area contributed by atoms with Gasteiger partial charge in [0.2, 0.25) is 5.91 Å². The number of H-pyrrole nitrogens is 1. The molecule has 0 atom stereocenters. The molecule has 8 nitrogen and oxygen atoms in total. The third-order valence-electron chi connectivity index (χ3n) is 5.53.